The summed E-state index contributed by atoms with van der Waals surface area (Å²) in [7, 11) is 0. The molecule has 0 aliphatic heterocycles. The minimum Gasteiger partial charge on any atom is -0.491 e. The van der Waals surface area contributed by atoms with Crippen LogP contribution in [0.1, 0.15) is 0 Å². The van der Waals surface area contributed by atoms with Gasteiger partial charge in [0.2, 0.25) is 0 Å². The van der Waals surface area contributed by atoms with Crippen molar-refractivity contribution >= 4 is 35.2 Å². The Balaban J connectivity index is 2.69. The fraction of sp³-hybridized carbons (Fsp3) is 0. The van der Waals surface area contributed by atoms with Crippen LogP contribution in [0.4, 0.5) is 12.9 Å². The second-order valence-corrected chi connectivity index (χ2v) is 3.29. The molecule has 0 aliphatic carbocycles. The summed E-state index contributed by atoms with van der Waals surface area (Å²) in [6.45, 7) is -5.10. The first-order valence-electron chi connectivity index (χ1n) is 3.86. The predicted molar refractivity (Wildman–Crippen MR) is 49.9 cm³/mol. The molecule has 0 fully saturated rings. The van der Waals surface area contributed by atoms with E-state index in [1.165, 1.54) is 12.1 Å². The highest BCUT2D eigenvalue weighted by Crippen LogP contribution is 2.25. The van der Waals surface area contributed by atoms with Gasteiger partial charge in [0.05, 0.1) is 5.02 Å². The fourth-order valence-corrected chi connectivity index (χ4v) is 1.43. The average Bonchev–Trinajstić information content (AvgIpc) is 2.48. The summed E-state index contributed by atoms with van der Waals surface area (Å²) in [5.74, 6) is 0. The number of halogens is 4. The fourth-order valence-electron chi connectivity index (χ4n) is 1.21. The number of para-hydroxylation sites is 1. The topological polar surface area (TPSA) is 13.1 Å². The Morgan fingerprint density at radius 2 is 1.93 bits per heavy atom. The Morgan fingerprint density at radius 3 is 2.50 bits per heavy atom. The summed E-state index contributed by atoms with van der Waals surface area (Å²) in [5, 5.41) is 0.556. The average molecular weight is 219 g/mol. The molecule has 1 aromatic carbocycles. The van der Waals surface area contributed by atoms with E-state index in [1.54, 1.807) is 6.07 Å². The van der Waals surface area contributed by atoms with Crippen LogP contribution in [0.5, 0.6) is 0 Å². The largest absolute Gasteiger partial charge is 0.544 e. The van der Waals surface area contributed by atoms with Crippen molar-refractivity contribution in [2.75, 3.05) is 0 Å². The molecule has 0 saturated heterocycles. The molecule has 0 atom stereocenters. The molecule has 0 spiro atoms. The number of hydrogen-bond acceptors (Lipinski definition) is 1. The maximum atomic E-state index is 12.3. The Kier molecular flexibility index (Phi) is 1.99. The van der Waals surface area contributed by atoms with E-state index in [4.69, 9.17) is 11.6 Å². The van der Waals surface area contributed by atoms with Crippen molar-refractivity contribution < 1.29 is 17.4 Å². The Bertz CT molecular complexity index is 477. The van der Waals surface area contributed by atoms with Crippen LogP contribution in [0.25, 0.3) is 11.0 Å². The molecule has 0 N–H and O–H groups in total. The lowest BCUT2D eigenvalue weighted by Gasteiger charge is -2.08. The van der Waals surface area contributed by atoms with Crippen molar-refractivity contribution in [3.05, 3.63) is 29.3 Å². The van der Waals surface area contributed by atoms with Gasteiger partial charge in [-0.1, -0.05) is 23.7 Å². The van der Waals surface area contributed by atoms with Crippen molar-refractivity contribution in [2.45, 2.75) is 0 Å². The lowest BCUT2D eigenvalue weighted by Crippen LogP contribution is -2.32. The molecular formula is C8H4BClF3O-. The molecule has 0 radical (unpaired) electrons. The molecule has 2 rings (SSSR count). The Hall–Kier alpha value is -1.10. The molecule has 0 unspecified atom stereocenters. The van der Waals surface area contributed by atoms with E-state index < -0.39 is 12.6 Å². The third kappa shape index (κ3) is 1.48. The Morgan fingerprint density at radius 1 is 1.21 bits per heavy atom. The molecule has 6 heteroatoms. The van der Waals surface area contributed by atoms with Crippen LogP contribution < -0.4 is 5.66 Å². The van der Waals surface area contributed by atoms with Gasteiger partial charge in [0, 0.05) is 11.0 Å². The van der Waals surface area contributed by atoms with E-state index in [2.05, 4.69) is 4.42 Å². The van der Waals surface area contributed by atoms with Gasteiger partial charge in [-0.2, -0.15) is 0 Å². The van der Waals surface area contributed by atoms with Gasteiger partial charge in [-0.3, -0.25) is 0 Å². The van der Waals surface area contributed by atoms with Gasteiger partial charge in [-0.05, 0) is 12.1 Å². The van der Waals surface area contributed by atoms with Crippen LogP contribution in [0, 0.1) is 0 Å². The summed E-state index contributed by atoms with van der Waals surface area (Å²) in [4.78, 5) is 0. The molecule has 0 amide bonds. The number of rotatable bonds is 1. The lowest BCUT2D eigenvalue weighted by atomic mass is 9.88. The monoisotopic (exact) mass is 219 g/mol. The quantitative estimate of drug-likeness (QED) is 0.672. The molecule has 1 nitrogen and oxygen atoms in total. The van der Waals surface area contributed by atoms with Crippen LogP contribution in [0.3, 0.4) is 0 Å². The first-order valence-corrected chi connectivity index (χ1v) is 4.24. The first kappa shape index (κ1) is 9.46. The lowest BCUT2D eigenvalue weighted by molar-refractivity contribution is 0.473. The van der Waals surface area contributed by atoms with Crippen molar-refractivity contribution in [3.8, 4) is 0 Å². The molecule has 1 aromatic heterocycles. The van der Waals surface area contributed by atoms with Crippen molar-refractivity contribution in [1.29, 1.82) is 0 Å². The van der Waals surface area contributed by atoms with Crippen molar-refractivity contribution in [1.82, 2.24) is 0 Å². The third-order valence-corrected chi connectivity index (χ3v) is 2.14. The molecule has 0 bridgehead atoms. The van der Waals surface area contributed by atoms with Crippen LogP contribution >= 0.6 is 11.6 Å². The standard InChI is InChI=1S/C8H4BClF3O/c10-6-3-1-2-5-4-7(9(11,12)13)14-8(5)6/h1-4H/q-1. The van der Waals surface area contributed by atoms with E-state index in [1.807, 2.05) is 0 Å². The molecular weight excluding hydrogens is 215 g/mol. The Labute approximate surface area is 82.5 Å². The summed E-state index contributed by atoms with van der Waals surface area (Å²) in [5.41, 5.74) is -0.878. The van der Waals surface area contributed by atoms with Crippen LogP contribution in [-0.2, 0) is 0 Å². The zero-order valence-electron chi connectivity index (χ0n) is 6.81. The summed E-state index contributed by atoms with van der Waals surface area (Å²) < 4.78 is 41.5. The van der Waals surface area contributed by atoms with E-state index in [0.717, 1.165) is 6.07 Å². The second kappa shape index (κ2) is 2.95. The molecule has 0 saturated carbocycles. The molecule has 1 heterocycles. The highest BCUT2D eigenvalue weighted by Gasteiger charge is 2.30. The third-order valence-electron chi connectivity index (χ3n) is 1.84. The van der Waals surface area contributed by atoms with Gasteiger partial charge in [0.15, 0.2) is 0 Å². The van der Waals surface area contributed by atoms with Gasteiger partial charge in [-0.15, -0.1) is 0 Å². The summed E-state index contributed by atoms with van der Waals surface area (Å²) in [6, 6.07) is 5.55. The number of fused-ring (bicyclic) bond motifs is 1. The van der Waals surface area contributed by atoms with Gasteiger partial charge in [0.1, 0.15) is 5.58 Å². The molecule has 0 aliphatic rings. The second-order valence-electron chi connectivity index (χ2n) is 2.88. The van der Waals surface area contributed by atoms with Gasteiger partial charge >= 0.3 is 6.98 Å². The van der Waals surface area contributed by atoms with Gasteiger partial charge in [-0.25, -0.2) is 0 Å². The first-order chi connectivity index (χ1) is 6.48. The maximum absolute atomic E-state index is 12.3. The van der Waals surface area contributed by atoms with Crippen molar-refractivity contribution in [3.63, 3.8) is 0 Å². The SMILES string of the molecule is F[B-](F)(F)c1cc2cccc(Cl)c2o1. The zero-order valence-corrected chi connectivity index (χ0v) is 7.56. The number of benzene rings is 1. The van der Waals surface area contributed by atoms with Gasteiger partial charge in [0.25, 0.3) is 0 Å². The smallest absolute Gasteiger partial charge is 0.491 e. The zero-order chi connectivity index (χ0) is 10.3. The van der Waals surface area contributed by atoms with Crippen LogP contribution in [-0.4, -0.2) is 6.98 Å². The number of furan rings is 1. The van der Waals surface area contributed by atoms with Crippen LogP contribution in [0.2, 0.25) is 5.02 Å². The predicted octanol–water partition coefficient (Wildman–Crippen LogP) is 3.14. The number of hydrogen-bond donors (Lipinski definition) is 0. The highest BCUT2D eigenvalue weighted by molar-refractivity contribution is 6.72. The van der Waals surface area contributed by atoms with Crippen molar-refractivity contribution in [2.24, 2.45) is 0 Å². The van der Waals surface area contributed by atoms with E-state index in [0.29, 0.717) is 5.39 Å². The van der Waals surface area contributed by atoms with E-state index >= 15 is 0 Å². The summed E-state index contributed by atoms with van der Waals surface area (Å²) >= 11 is 5.67. The van der Waals surface area contributed by atoms with E-state index in [-0.39, 0.29) is 10.6 Å². The van der Waals surface area contributed by atoms with Crippen LogP contribution in [0.15, 0.2) is 28.7 Å². The summed E-state index contributed by atoms with van der Waals surface area (Å²) in [6.07, 6.45) is 0. The normalized spacial score (nSPS) is 12.3. The highest BCUT2D eigenvalue weighted by atomic mass is 35.5. The minimum atomic E-state index is -5.10. The van der Waals surface area contributed by atoms with E-state index in [9.17, 15) is 12.9 Å². The van der Waals surface area contributed by atoms with Gasteiger partial charge < -0.3 is 17.4 Å². The molecule has 74 valence electrons. The minimum absolute atomic E-state index is 0.0865. The molecule has 14 heavy (non-hydrogen) atoms. The molecule has 2 aromatic rings. The maximum Gasteiger partial charge on any atom is 0.544 e.